The average molecular weight is 255 g/mol. The van der Waals surface area contributed by atoms with Crippen LogP contribution in [0.1, 0.15) is 23.7 Å². The molecule has 0 saturated carbocycles. The lowest BCUT2D eigenvalue weighted by Crippen LogP contribution is -2.46. The summed E-state index contributed by atoms with van der Waals surface area (Å²) >= 11 is 5.79. The van der Waals surface area contributed by atoms with Crippen molar-refractivity contribution in [1.82, 2.24) is 5.32 Å². The zero-order chi connectivity index (χ0) is 12.5. The first kappa shape index (κ1) is 12.2. The van der Waals surface area contributed by atoms with E-state index < -0.39 is 0 Å². The van der Waals surface area contributed by atoms with Crippen molar-refractivity contribution in [2.75, 3.05) is 18.9 Å². The fraction of sp³-hybridized carbons (Fsp3) is 0.417. The van der Waals surface area contributed by atoms with Crippen LogP contribution in [0.15, 0.2) is 18.2 Å². The number of nitrogens with two attached hydrogens (primary N) is 1. The Labute approximate surface area is 105 Å². The lowest BCUT2D eigenvalue weighted by Gasteiger charge is -2.23. The maximum atomic E-state index is 12.0. The molecule has 0 aliphatic carbocycles. The highest BCUT2D eigenvalue weighted by atomic mass is 35.5. The minimum absolute atomic E-state index is 0.188. The molecule has 1 aliphatic rings. The Morgan fingerprint density at radius 3 is 2.94 bits per heavy atom. The van der Waals surface area contributed by atoms with Crippen LogP contribution in [0.4, 0.5) is 5.69 Å². The summed E-state index contributed by atoms with van der Waals surface area (Å²) in [5, 5.41) is 3.47. The summed E-state index contributed by atoms with van der Waals surface area (Å²) in [6.45, 7) is 3.17. The molecule has 2 rings (SSSR count). The summed E-state index contributed by atoms with van der Waals surface area (Å²) in [5.74, 6) is -0.188. The fourth-order valence-corrected chi connectivity index (χ4v) is 2.03. The summed E-state index contributed by atoms with van der Waals surface area (Å²) in [5.41, 5.74) is 6.29. The number of amides is 1. The predicted molar refractivity (Wildman–Crippen MR) is 67.2 cm³/mol. The van der Waals surface area contributed by atoms with Crippen LogP contribution in [-0.2, 0) is 4.74 Å². The number of benzene rings is 1. The number of carbonyl (C=O) groups excluding carboxylic acids is 1. The molecule has 1 atom stereocenters. The number of hydrogen-bond donors (Lipinski definition) is 2. The standard InChI is InChI=1S/C12H15ClN2O2/c1-12(4-5-17-7-12)15-11(16)9-3-2-8(13)6-10(9)14/h2-3,6H,4-5,7,14H2,1H3,(H,15,16). The monoisotopic (exact) mass is 254 g/mol. The van der Waals surface area contributed by atoms with Gasteiger partial charge in [-0.15, -0.1) is 0 Å². The maximum Gasteiger partial charge on any atom is 0.253 e. The van der Waals surface area contributed by atoms with E-state index in [9.17, 15) is 4.79 Å². The van der Waals surface area contributed by atoms with E-state index >= 15 is 0 Å². The van der Waals surface area contributed by atoms with Crippen molar-refractivity contribution in [2.24, 2.45) is 0 Å². The van der Waals surface area contributed by atoms with E-state index in [0.717, 1.165) is 6.42 Å². The topological polar surface area (TPSA) is 64.4 Å². The molecule has 1 aromatic rings. The van der Waals surface area contributed by atoms with Gasteiger partial charge in [0, 0.05) is 17.3 Å². The van der Waals surface area contributed by atoms with Crippen LogP contribution < -0.4 is 11.1 Å². The maximum absolute atomic E-state index is 12.0. The largest absolute Gasteiger partial charge is 0.398 e. The third-order valence-corrected chi connectivity index (χ3v) is 3.13. The van der Waals surface area contributed by atoms with Gasteiger partial charge in [-0.2, -0.15) is 0 Å². The molecule has 5 heteroatoms. The van der Waals surface area contributed by atoms with E-state index in [-0.39, 0.29) is 11.4 Å². The van der Waals surface area contributed by atoms with Crippen LogP contribution in [0, 0.1) is 0 Å². The molecule has 1 heterocycles. The van der Waals surface area contributed by atoms with E-state index in [0.29, 0.717) is 29.5 Å². The number of nitrogen functional groups attached to an aromatic ring is 1. The number of ether oxygens (including phenoxy) is 1. The first-order valence-corrected chi connectivity index (χ1v) is 5.83. The third-order valence-electron chi connectivity index (χ3n) is 2.89. The number of nitrogens with one attached hydrogen (secondary N) is 1. The second-order valence-electron chi connectivity index (χ2n) is 4.55. The smallest absolute Gasteiger partial charge is 0.253 e. The molecule has 0 radical (unpaired) electrons. The van der Waals surface area contributed by atoms with Crippen molar-refractivity contribution in [3.63, 3.8) is 0 Å². The first-order valence-electron chi connectivity index (χ1n) is 5.45. The quantitative estimate of drug-likeness (QED) is 0.792. The van der Waals surface area contributed by atoms with Gasteiger partial charge in [-0.1, -0.05) is 11.6 Å². The summed E-state index contributed by atoms with van der Waals surface area (Å²) in [7, 11) is 0. The van der Waals surface area contributed by atoms with Gasteiger partial charge in [-0.3, -0.25) is 4.79 Å². The number of halogens is 1. The van der Waals surface area contributed by atoms with Crippen molar-refractivity contribution in [2.45, 2.75) is 18.9 Å². The van der Waals surface area contributed by atoms with Gasteiger partial charge in [0.25, 0.3) is 5.91 Å². The van der Waals surface area contributed by atoms with Gasteiger partial charge in [0.1, 0.15) is 0 Å². The molecule has 4 nitrogen and oxygen atoms in total. The van der Waals surface area contributed by atoms with Crippen LogP contribution >= 0.6 is 11.6 Å². The van der Waals surface area contributed by atoms with Crippen molar-refractivity contribution < 1.29 is 9.53 Å². The van der Waals surface area contributed by atoms with Crippen molar-refractivity contribution in [3.8, 4) is 0 Å². The highest BCUT2D eigenvalue weighted by Crippen LogP contribution is 2.21. The summed E-state index contributed by atoms with van der Waals surface area (Å²) < 4.78 is 5.28. The molecule has 1 aromatic carbocycles. The minimum atomic E-state index is -0.302. The second kappa shape index (κ2) is 4.55. The molecular formula is C12H15ClN2O2. The van der Waals surface area contributed by atoms with E-state index in [2.05, 4.69) is 5.32 Å². The average Bonchev–Trinajstić information content (AvgIpc) is 2.64. The van der Waals surface area contributed by atoms with Crippen LogP contribution in [0.3, 0.4) is 0 Å². The van der Waals surface area contributed by atoms with Crippen LogP contribution in [0.25, 0.3) is 0 Å². The zero-order valence-electron chi connectivity index (χ0n) is 9.63. The summed E-state index contributed by atoms with van der Waals surface area (Å²) in [6, 6.07) is 4.86. The number of anilines is 1. The number of rotatable bonds is 2. The molecule has 0 bridgehead atoms. The molecule has 1 amide bonds. The Morgan fingerprint density at radius 2 is 2.35 bits per heavy atom. The number of carbonyl (C=O) groups is 1. The third kappa shape index (κ3) is 2.70. The summed E-state index contributed by atoms with van der Waals surface area (Å²) in [4.78, 5) is 12.0. The number of hydrogen-bond acceptors (Lipinski definition) is 3. The molecular weight excluding hydrogens is 240 g/mol. The molecule has 0 spiro atoms. The van der Waals surface area contributed by atoms with E-state index in [1.807, 2.05) is 6.92 Å². The van der Waals surface area contributed by atoms with Gasteiger partial charge in [-0.25, -0.2) is 0 Å². The van der Waals surface area contributed by atoms with Gasteiger partial charge in [-0.05, 0) is 31.5 Å². The Bertz CT molecular complexity index is 442. The van der Waals surface area contributed by atoms with E-state index in [4.69, 9.17) is 22.1 Å². The molecule has 92 valence electrons. The Kier molecular flexibility index (Phi) is 3.26. The molecule has 3 N–H and O–H groups in total. The van der Waals surface area contributed by atoms with Gasteiger partial charge in [0.15, 0.2) is 0 Å². The molecule has 1 fully saturated rings. The molecule has 1 saturated heterocycles. The minimum Gasteiger partial charge on any atom is -0.398 e. The Hall–Kier alpha value is -1.26. The van der Waals surface area contributed by atoms with E-state index in [1.165, 1.54) is 0 Å². The van der Waals surface area contributed by atoms with E-state index in [1.54, 1.807) is 18.2 Å². The zero-order valence-corrected chi connectivity index (χ0v) is 10.4. The molecule has 1 unspecified atom stereocenters. The molecule has 17 heavy (non-hydrogen) atoms. The lowest BCUT2D eigenvalue weighted by atomic mass is 10.0. The predicted octanol–water partition coefficient (Wildman–Crippen LogP) is 1.83. The van der Waals surface area contributed by atoms with Crippen LogP contribution in [0.2, 0.25) is 5.02 Å². The van der Waals surface area contributed by atoms with Crippen molar-refractivity contribution >= 4 is 23.2 Å². The normalized spacial score (nSPS) is 23.6. The van der Waals surface area contributed by atoms with Gasteiger partial charge in [0.2, 0.25) is 0 Å². The highest BCUT2D eigenvalue weighted by molar-refractivity contribution is 6.31. The summed E-state index contributed by atoms with van der Waals surface area (Å²) in [6.07, 6.45) is 0.812. The van der Waals surface area contributed by atoms with Crippen LogP contribution in [-0.4, -0.2) is 24.7 Å². The fourth-order valence-electron chi connectivity index (χ4n) is 1.85. The molecule has 1 aliphatic heterocycles. The van der Waals surface area contributed by atoms with Gasteiger partial charge in [0.05, 0.1) is 17.7 Å². The SMILES string of the molecule is CC1(NC(=O)c2ccc(Cl)cc2N)CCOC1. The van der Waals surface area contributed by atoms with Crippen LogP contribution in [0.5, 0.6) is 0 Å². The highest BCUT2D eigenvalue weighted by Gasteiger charge is 2.31. The first-order chi connectivity index (χ1) is 8.00. The second-order valence-corrected chi connectivity index (χ2v) is 4.99. The van der Waals surface area contributed by atoms with Crippen molar-refractivity contribution in [3.05, 3.63) is 28.8 Å². The lowest BCUT2D eigenvalue weighted by molar-refractivity contribution is 0.0891. The van der Waals surface area contributed by atoms with Gasteiger partial charge < -0.3 is 15.8 Å². The van der Waals surface area contributed by atoms with Gasteiger partial charge >= 0.3 is 0 Å². The molecule has 0 aromatic heterocycles. The Morgan fingerprint density at radius 1 is 1.59 bits per heavy atom. The van der Waals surface area contributed by atoms with Crippen molar-refractivity contribution in [1.29, 1.82) is 0 Å². The Balaban J connectivity index is 2.14.